The molecule has 108 valence electrons. The average Bonchev–Trinajstić information content (AvgIpc) is 2.25. The quantitative estimate of drug-likeness (QED) is 0.637. The highest BCUT2D eigenvalue weighted by atomic mass is 32.2. The Kier molecular flexibility index (Phi) is 4.15. The van der Waals surface area contributed by atoms with E-state index in [1.54, 1.807) is 0 Å². The van der Waals surface area contributed by atoms with E-state index in [1.165, 1.54) is 0 Å². The minimum absolute atomic E-state index is 0.200. The fraction of sp³-hybridized carbons (Fsp3) is 0.333. The standard InChI is InChI=1S/C9H6F6O3S/c10-8(11,12)5-18-19(16,17)7-3-1-2-6(4-7)9(13,14)15/h1-4H,5H2. The van der Waals surface area contributed by atoms with E-state index in [0.29, 0.717) is 12.1 Å². The molecule has 0 heterocycles. The van der Waals surface area contributed by atoms with E-state index in [9.17, 15) is 34.8 Å². The molecular formula is C9H6F6O3S. The molecule has 0 aliphatic carbocycles. The van der Waals surface area contributed by atoms with Gasteiger partial charge in [-0.3, -0.25) is 4.18 Å². The van der Waals surface area contributed by atoms with E-state index >= 15 is 0 Å². The van der Waals surface area contributed by atoms with Crippen LogP contribution in [0.15, 0.2) is 29.2 Å². The molecule has 0 spiro atoms. The molecule has 1 rings (SSSR count). The molecule has 3 nitrogen and oxygen atoms in total. The summed E-state index contributed by atoms with van der Waals surface area (Å²) in [5, 5.41) is 0. The normalized spacial score (nSPS) is 13.6. The van der Waals surface area contributed by atoms with Crippen LogP contribution in [0.4, 0.5) is 26.3 Å². The number of rotatable bonds is 3. The summed E-state index contributed by atoms with van der Waals surface area (Å²) in [4.78, 5) is -0.994. The van der Waals surface area contributed by atoms with E-state index in [1.807, 2.05) is 0 Å². The van der Waals surface area contributed by atoms with Gasteiger partial charge in [-0.2, -0.15) is 34.8 Å². The van der Waals surface area contributed by atoms with E-state index < -0.39 is 39.5 Å². The molecule has 0 atom stereocenters. The number of hydrogen-bond donors (Lipinski definition) is 0. The molecule has 0 aromatic heterocycles. The third-order valence-electron chi connectivity index (χ3n) is 1.83. The lowest BCUT2D eigenvalue weighted by Crippen LogP contribution is -2.20. The minimum Gasteiger partial charge on any atom is -0.257 e. The zero-order valence-corrected chi connectivity index (χ0v) is 9.73. The van der Waals surface area contributed by atoms with Gasteiger partial charge in [-0.15, -0.1) is 0 Å². The molecule has 0 aliphatic rings. The SMILES string of the molecule is O=S(=O)(OCC(F)(F)F)c1cccc(C(F)(F)F)c1. The van der Waals surface area contributed by atoms with Crippen molar-refractivity contribution in [3.63, 3.8) is 0 Å². The Morgan fingerprint density at radius 1 is 1.05 bits per heavy atom. The average molecular weight is 308 g/mol. The van der Waals surface area contributed by atoms with E-state index in [-0.39, 0.29) is 6.07 Å². The fourth-order valence-corrected chi connectivity index (χ4v) is 1.98. The van der Waals surface area contributed by atoms with Gasteiger partial charge in [0.15, 0.2) is 6.61 Å². The predicted octanol–water partition coefficient (Wildman–Crippen LogP) is 2.97. The maximum atomic E-state index is 12.3. The smallest absolute Gasteiger partial charge is 0.257 e. The molecule has 0 radical (unpaired) electrons. The van der Waals surface area contributed by atoms with Gasteiger partial charge in [0.1, 0.15) is 0 Å². The third kappa shape index (κ3) is 4.71. The van der Waals surface area contributed by atoms with Crippen molar-refractivity contribution in [1.82, 2.24) is 0 Å². The van der Waals surface area contributed by atoms with Crippen molar-refractivity contribution in [1.29, 1.82) is 0 Å². The molecule has 0 N–H and O–H groups in total. The Balaban J connectivity index is 3.03. The molecule has 0 saturated heterocycles. The number of benzene rings is 1. The van der Waals surface area contributed by atoms with Crippen LogP contribution in [0.3, 0.4) is 0 Å². The van der Waals surface area contributed by atoms with Crippen LogP contribution in [0.2, 0.25) is 0 Å². The fourth-order valence-electron chi connectivity index (χ4n) is 1.04. The van der Waals surface area contributed by atoms with Crippen molar-refractivity contribution in [2.24, 2.45) is 0 Å². The van der Waals surface area contributed by atoms with Gasteiger partial charge in [0.25, 0.3) is 10.1 Å². The number of halogens is 6. The Morgan fingerprint density at radius 3 is 2.11 bits per heavy atom. The lowest BCUT2D eigenvalue weighted by Gasteiger charge is -2.10. The highest BCUT2D eigenvalue weighted by Gasteiger charge is 2.34. The molecule has 0 fully saturated rings. The first-order valence-corrected chi connectivity index (χ1v) is 5.96. The molecule has 0 amide bonds. The molecule has 0 unspecified atom stereocenters. The first-order valence-electron chi connectivity index (χ1n) is 4.55. The zero-order valence-electron chi connectivity index (χ0n) is 8.92. The molecule has 0 aliphatic heterocycles. The van der Waals surface area contributed by atoms with Crippen LogP contribution < -0.4 is 0 Å². The Hall–Kier alpha value is -1.29. The summed E-state index contributed by atoms with van der Waals surface area (Å²) in [6.07, 6.45) is -9.72. The van der Waals surface area contributed by atoms with Gasteiger partial charge in [0.2, 0.25) is 0 Å². The second-order valence-electron chi connectivity index (χ2n) is 3.36. The summed E-state index contributed by atoms with van der Waals surface area (Å²) >= 11 is 0. The number of alkyl halides is 6. The summed E-state index contributed by atoms with van der Waals surface area (Å²) in [5.74, 6) is 0. The lowest BCUT2D eigenvalue weighted by molar-refractivity contribution is -0.152. The maximum absolute atomic E-state index is 12.3. The summed E-state index contributed by atoms with van der Waals surface area (Å²) in [7, 11) is -4.90. The minimum atomic E-state index is -4.91. The van der Waals surface area contributed by atoms with Gasteiger partial charge in [-0.1, -0.05) is 6.07 Å². The largest absolute Gasteiger partial charge is 0.416 e. The molecule has 10 heteroatoms. The molecule has 0 saturated carbocycles. The lowest BCUT2D eigenvalue weighted by atomic mass is 10.2. The molecular weight excluding hydrogens is 302 g/mol. The highest BCUT2D eigenvalue weighted by molar-refractivity contribution is 7.86. The molecule has 1 aromatic carbocycles. The van der Waals surface area contributed by atoms with Crippen LogP contribution in [-0.4, -0.2) is 21.2 Å². The Bertz CT molecular complexity index is 546. The molecule has 1 aromatic rings. The van der Waals surface area contributed by atoms with Crippen LogP contribution in [0.5, 0.6) is 0 Å². The Morgan fingerprint density at radius 2 is 1.63 bits per heavy atom. The van der Waals surface area contributed by atoms with Crippen molar-refractivity contribution in [2.75, 3.05) is 6.61 Å². The second kappa shape index (κ2) is 5.00. The van der Waals surface area contributed by atoms with Gasteiger partial charge in [-0.05, 0) is 18.2 Å². The zero-order chi connectivity index (χ0) is 14.9. The van der Waals surface area contributed by atoms with Crippen molar-refractivity contribution in [3.05, 3.63) is 29.8 Å². The van der Waals surface area contributed by atoms with Gasteiger partial charge in [0.05, 0.1) is 10.5 Å². The van der Waals surface area contributed by atoms with E-state index in [0.717, 1.165) is 6.07 Å². The van der Waals surface area contributed by atoms with Crippen LogP contribution in [-0.2, 0) is 20.5 Å². The van der Waals surface area contributed by atoms with Crippen LogP contribution >= 0.6 is 0 Å². The maximum Gasteiger partial charge on any atom is 0.416 e. The van der Waals surface area contributed by atoms with Crippen LogP contribution in [0.25, 0.3) is 0 Å². The van der Waals surface area contributed by atoms with Crippen molar-refractivity contribution >= 4 is 10.1 Å². The summed E-state index contributed by atoms with van der Waals surface area (Å²) in [6.45, 7) is -2.11. The van der Waals surface area contributed by atoms with Gasteiger partial charge in [0, 0.05) is 0 Å². The van der Waals surface area contributed by atoms with Crippen LogP contribution in [0, 0.1) is 0 Å². The highest BCUT2D eigenvalue weighted by Crippen LogP contribution is 2.31. The first-order chi connectivity index (χ1) is 8.42. The van der Waals surface area contributed by atoms with Crippen molar-refractivity contribution < 1.29 is 38.9 Å². The van der Waals surface area contributed by atoms with Crippen molar-refractivity contribution in [2.45, 2.75) is 17.2 Å². The topological polar surface area (TPSA) is 43.4 Å². The molecule has 19 heavy (non-hydrogen) atoms. The van der Waals surface area contributed by atoms with Gasteiger partial charge < -0.3 is 0 Å². The summed E-state index contributed by atoms with van der Waals surface area (Å²) < 4.78 is 98.5. The van der Waals surface area contributed by atoms with Crippen molar-refractivity contribution in [3.8, 4) is 0 Å². The van der Waals surface area contributed by atoms with Crippen LogP contribution in [0.1, 0.15) is 5.56 Å². The monoisotopic (exact) mass is 308 g/mol. The number of hydrogen-bond acceptors (Lipinski definition) is 3. The van der Waals surface area contributed by atoms with Gasteiger partial charge >= 0.3 is 12.4 Å². The van der Waals surface area contributed by atoms with Gasteiger partial charge in [-0.25, -0.2) is 0 Å². The van der Waals surface area contributed by atoms with E-state index in [2.05, 4.69) is 4.18 Å². The second-order valence-corrected chi connectivity index (χ2v) is 4.97. The van der Waals surface area contributed by atoms with E-state index in [4.69, 9.17) is 0 Å². The first kappa shape index (κ1) is 15.8. The summed E-state index contributed by atoms with van der Waals surface area (Å²) in [6, 6.07) is 2.25. The molecule has 0 bridgehead atoms. The predicted molar refractivity (Wildman–Crippen MR) is 50.6 cm³/mol. The Labute approximate surface area is 103 Å². The summed E-state index contributed by atoms with van der Waals surface area (Å²) in [5.41, 5.74) is -1.30. The third-order valence-corrected chi connectivity index (χ3v) is 3.09.